The Morgan fingerprint density at radius 2 is 2.20 bits per heavy atom. The van der Waals surface area contributed by atoms with Crippen LogP contribution in [0.15, 0.2) is 12.4 Å². The fourth-order valence-electron chi connectivity index (χ4n) is 1.97. The third-order valence-corrected chi connectivity index (χ3v) is 2.95. The highest BCUT2D eigenvalue weighted by molar-refractivity contribution is 5.91. The van der Waals surface area contributed by atoms with Gasteiger partial charge in [-0.15, -0.1) is 5.10 Å². The van der Waals surface area contributed by atoms with E-state index >= 15 is 0 Å². The van der Waals surface area contributed by atoms with Gasteiger partial charge in [0, 0.05) is 26.0 Å². The second-order valence-corrected chi connectivity index (χ2v) is 4.83. The highest BCUT2D eigenvalue weighted by Crippen LogP contribution is 2.20. The van der Waals surface area contributed by atoms with E-state index in [0.717, 1.165) is 13.0 Å². The van der Waals surface area contributed by atoms with E-state index in [9.17, 15) is 9.90 Å². The first kappa shape index (κ1) is 14.2. The van der Waals surface area contributed by atoms with Gasteiger partial charge in [-0.25, -0.2) is 14.5 Å². The lowest BCUT2D eigenvalue weighted by molar-refractivity contribution is 0.0691. The van der Waals surface area contributed by atoms with Crippen molar-refractivity contribution >= 4 is 5.97 Å². The predicted octanol–water partition coefficient (Wildman–Crippen LogP) is 0.328. The molecular weight excluding hydrogens is 260 g/mol. The van der Waals surface area contributed by atoms with E-state index in [1.165, 1.54) is 0 Å². The van der Waals surface area contributed by atoms with Crippen LogP contribution in [0.1, 0.15) is 16.9 Å². The van der Waals surface area contributed by atoms with E-state index in [1.807, 2.05) is 21.1 Å². The molecule has 108 valence electrons. The fraction of sp³-hybridized carbons (Fsp3) is 0.500. The van der Waals surface area contributed by atoms with Crippen LogP contribution in [0.5, 0.6) is 0 Å². The Bertz CT molecular complexity index is 601. The molecule has 20 heavy (non-hydrogen) atoms. The lowest BCUT2D eigenvalue weighted by atomic mass is 10.3. The Morgan fingerprint density at radius 3 is 2.75 bits per heavy atom. The molecule has 2 aromatic heterocycles. The third-order valence-electron chi connectivity index (χ3n) is 2.95. The molecule has 0 aliphatic heterocycles. The molecule has 0 fully saturated rings. The number of aromatic nitrogens is 5. The van der Waals surface area contributed by atoms with Crippen LogP contribution < -0.4 is 0 Å². The second kappa shape index (κ2) is 5.83. The van der Waals surface area contributed by atoms with Crippen molar-refractivity contribution in [2.75, 3.05) is 20.6 Å². The molecule has 0 unspecified atom stereocenters. The van der Waals surface area contributed by atoms with E-state index in [1.54, 1.807) is 21.6 Å². The summed E-state index contributed by atoms with van der Waals surface area (Å²) in [5.41, 5.74) is 0.382. The summed E-state index contributed by atoms with van der Waals surface area (Å²) in [5.74, 6) is -0.542. The molecule has 0 radical (unpaired) electrons. The zero-order valence-corrected chi connectivity index (χ0v) is 11.8. The maximum absolute atomic E-state index is 11.3. The van der Waals surface area contributed by atoms with Gasteiger partial charge in [0.1, 0.15) is 5.69 Å². The fourth-order valence-corrected chi connectivity index (χ4v) is 1.97. The number of imidazole rings is 1. The molecule has 0 aliphatic rings. The van der Waals surface area contributed by atoms with Crippen molar-refractivity contribution in [1.29, 1.82) is 0 Å². The van der Waals surface area contributed by atoms with Crippen LogP contribution in [0, 0.1) is 0 Å². The van der Waals surface area contributed by atoms with Gasteiger partial charge < -0.3 is 14.6 Å². The van der Waals surface area contributed by atoms with Crippen molar-refractivity contribution in [3.8, 4) is 11.5 Å². The molecule has 2 rings (SSSR count). The van der Waals surface area contributed by atoms with Gasteiger partial charge in [0.2, 0.25) is 5.69 Å². The summed E-state index contributed by atoms with van der Waals surface area (Å²) in [4.78, 5) is 17.5. The number of hydrogen-bond acceptors (Lipinski definition) is 5. The molecule has 8 heteroatoms. The molecule has 0 saturated heterocycles. The Morgan fingerprint density at radius 1 is 1.45 bits per heavy atom. The number of carbonyl (C=O) groups is 1. The van der Waals surface area contributed by atoms with Crippen molar-refractivity contribution < 1.29 is 9.90 Å². The summed E-state index contributed by atoms with van der Waals surface area (Å²) in [6, 6.07) is 0. The highest BCUT2D eigenvalue weighted by atomic mass is 16.4. The van der Waals surface area contributed by atoms with Crippen LogP contribution in [0.25, 0.3) is 11.5 Å². The maximum atomic E-state index is 11.3. The van der Waals surface area contributed by atoms with Crippen molar-refractivity contribution in [3.63, 3.8) is 0 Å². The number of aryl methyl sites for hydroxylation is 2. The Balaban J connectivity index is 2.33. The Labute approximate surface area is 116 Å². The first-order chi connectivity index (χ1) is 9.50. The molecule has 0 spiro atoms. The van der Waals surface area contributed by atoms with E-state index < -0.39 is 5.97 Å². The van der Waals surface area contributed by atoms with Gasteiger partial charge in [-0.2, -0.15) is 0 Å². The number of rotatable bonds is 6. The first-order valence-corrected chi connectivity index (χ1v) is 6.30. The van der Waals surface area contributed by atoms with E-state index in [-0.39, 0.29) is 5.69 Å². The average molecular weight is 278 g/mol. The van der Waals surface area contributed by atoms with Crippen molar-refractivity contribution in [1.82, 2.24) is 29.4 Å². The summed E-state index contributed by atoms with van der Waals surface area (Å²) < 4.78 is 3.36. The summed E-state index contributed by atoms with van der Waals surface area (Å²) in [7, 11) is 5.79. The van der Waals surface area contributed by atoms with Gasteiger partial charge in [0.15, 0.2) is 5.82 Å². The normalized spacial score (nSPS) is 11.2. The Kier molecular flexibility index (Phi) is 4.14. The minimum Gasteiger partial charge on any atom is -0.476 e. The van der Waals surface area contributed by atoms with Gasteiger partial charge in [0.25, 0.3) is 0 Å². The summed E-state index contributed by atoms with van der Waals surface area (Å²) in [5, 5.41) is 16.9. The summed E-state index contributed by atoms with van der Waals surface area (Å²) in [6.45, 7) is 1.49. The van der Waals surface area contributed by atoms with Crippen molar-refractivity contribution in [2.24, 2.45) is 7.05 Å². The predicted molar refractivity (Wildman–Crippen MR) is 72.4 cm³/mol. The highest BCUT2D eigenvalue weighted by Gasteiger charge is 2.23. The Hall–Kier alpha value is -2.22. The molecule has 0 bridgehead atoms. The zero-order valence-electron chi connectivity index (χ0n) is 11.8. The second-order valence-electron chi connectivity index (χ2n) is 4.83. The minimum absolute atomic E-state index is 0.0656. The van der Waals surface area contributed by atoms with Gasteiger partial charge in [-0.3, -0.25) is 0 Å². The van der Waals surface area contributed by atoms with Gasteiger partial charge in [-0.05, 0) is 27.1 Å². The minimum atomic E-state index is -1.10. The summed E-state index contributed by atoms with van der Waals surface area (Å²) in [6.07, 6.45) is 4.24. The van der Waals surface area contributed by atoms with Crippen molar-refractivity contribution in [3.05, 3.63) is 18.1 Å². The molecule has 0 atom stereocenters. The molecule has 0 amide bonds. The smallest absolute Gasteiger partial charge is 0.358 e. The first-order valence-electron chi connectivity index (χ1n) is 6.30. The number of carboxylic acid groups (broad SMARTS) is 1. The zero-order chi connectivity index (χ0) is 14.7. The molecule has 1 N–H and O–H groups in total. The largest absolute Gasteiger partial charge is 0.476 e. The van der Waals surface area contributed by atoms with E-state index in [2.05, 4.69) is 20.2 Å². The van der Waals surface area contributed by atoms with Gasteiger partial charge in [-0.1, -0.05) is 5.21 Å². The molecule has 0 saturated carbocycles. The van der Waals surface area contributed by atoms with Gasteiger partial charge in [0.05, 0.1) is 0 Å². The quantitative estimate of drug-likeness (QED) is 0.819. The lowest BCUT2D eigenvalue weighted by Gasteiger charge is -2.10. The van der Waals surface area contributed by atoms with Gasteiger partial charge >= 0.3 is 5.97 Å². The van der Waals surface area contributed by atoms with Crippen LogP contribution in [0.4, 0.5) is 0 Å². The van der Waals surface area contributed by atoms with E-state index in [4.69, 9.17) is 0 Å². The van der Waals surface area contributed by atoms with Crippen LogP contribution in [0.3, 0.4) is 0 Å². The van der Waals surface area contributed by atoms with Crippen molar-refractivity contribution in [2.45, 2.75) is 13.0 Å². The van der Waals surface area contributed by atoms with Crippen LogP contribution >= 0.6 is 0 Å². The SMILES string of the molecule is CN(C)CCCn1nnc(C(=O)O)c1-c1nccn1C. The number of aromatic carboxylic acids is 1. The maximum Gasteiger partial charge on any atom is 0.358 e. The number of carboxylic acids is 1. The lowest BCUT2D eigenvalue weighted by Crippen LogP contribution is -2.16. The monoisotopic (exact) mass is 278 g/mol. The molecule has 0 aromatic carbocycles. The van der Waals surface area contributed by atoms with Crippen LogP contribution in [-0.4, -0.2) is 61.2 Å². The topological polar surface area (TPSA) is 89.1 Å². The molecule has 2 heterocycles. The average Bonchev–Trinajstić information content (AvgIpc) is 2.94. The summed E-state index contributed by atoms with van der Waals surface area (Å²) >= 11 is 0. The number of nitrogens with zero attached hydrogens (tertiary/aromatic N) is 6. The number of hydrogen-bond donors (Lipinski definition) is 1. The van der Waals surface area contributed by atoms with Crippen LogP contribution in [0.2, 0.25) is 0 Å². The third kappa shape index (κ3) is 2.85. The standard InChI is InChI=1S/C12H18N6O2/c1-16(2)6-4-7-18-10(9(12(19)20)14-15-18)11-13-5-8-17(11)3/h5,8H,4,6-7H2,1-3H3,(H,19,20). The molecule has 8 nitrogen and oxygen atoms in total. The molecular formula is C12H18N6O2. The molecule has 2 aromatic rings. The van der Waals surface area contributed by atoms with E-state index in [0.29, 0.717) is 18.1 Å². The van der Waals surface area contributed by atoms with Crippen LogP contribution in [-0.2, 0) is 13.6 Å². The molecule has 0 aliphatic carbocycles.